The van der Waals surface area contributed by atoms with E-state index in [4.69, 9.17) is 10.00 Å². The van der Waals surface area contributed by atoms with Gasteiger partial charge in [0.25, 0.3) is 0 Å². The van der Waals surface area contributed by atoms with E-state index in [-0.39, 0.29) is 0 Å². The molecule has 2 aromatic heterocycles. The van der Waals surface area contributed by atoms with E-state index in [2.05, 4.69) is 46.8 Å². The van der Waals surface area contributed by atoms with Crippen LogP contribution in [0.2, 0.25) is 0 Å². The number of piperidine rings is 1. The van der Waals surface area contributed by atoms with Gasteiger partial charge in [-0.1, -0.05) is 0 Å². The highest BCUT2D eigenvalue weighted by Crippen LogP contribution is 2.23. The molecular formula is C15H15BrN6O. The zero-order valence-corrected chi connectivity index (χ0v) is 14.0. The fourth-order valence-corrected chi connectivity index (χ4v) is 2.81. The molecule has 7 nitrogen and oxygen atoms in total. The van der Waals surface area contributed by atoms with Gasteiger partial charge in [0, 0.05) is 43.8 Å². The molecule has 8 heteroatoms. The average molecular weight is 375 g/mol. The molecule has 118 valence electrons. The van der Waals surface area contributed by atoms with Crippen molar-refractivity contribution in [2.75, 3.05) is 24.6 Å². The summed E-state index contributed by atoms with van der Waals surface area (Å²) in [5, 5.41) is 9.17. The number of hydrogen-bond acceptors (Lipinski definition) is 7. The van der Waals surface area contributed by atoms with Crippen molar-refractivity contribution in [2.24, 2.45) is 5.92 Å². The summed E-state index contributed by atoms with van der Waals surface area (Å²) in [6, 6.07) is 2.48. The molecule has 0 amide bonds. The van der Waals surface area contributed by atoms with Crippen molar-refractivity contribution in [3.8, 4) is 12.1 Å². The Bertz CT molecular complexity index is 702. The third-order valence-electron chi connectivity index (χ3n) is 3.65. The third kappa shape index (κ3) is 3.93. The second kappa shape index (κ2) is 7.33. The maximum absolute atomic E-state index is 9.17. The highest BCUT2D eigenvalue weighted by Gasteiger charge is 2.24. The minimum Gasteiger partial charge on any atom is -0.463 e. The lowest BCUT2D eigenvalue weighted by atomic mass is 9.99. The molecule has 23 heavy (non-hydrogen) atoms. The topological polar surface area (TPSA) is 87.8 Å². The van der Waals surface area contributed by atoms with Crippen LogP contribution in [-0.2, 0) is 0 Å². The SMILES string of the molecule is N#Cc1nccnc1N1CCCC(COc2ncc(Br)cn2)C1. The van der Waals surface area contributed by atoms with Gasteiger partial charge in [-0.2, -0.15) is 5.26 Å². The van der Waals surface area contributed by atoms with E-state index in [1.54, 1.807) is 18.6 Å². The molecule has 0 radical (unpaired) electrons. The Morgan fingerprint density at radius 3 is 2.83 bits per heavy atom. The third-order valence-corrected chi connectivity index (χ3v) is 4.06. The predicted molar refractivity (Wildman–Crippen MR) is 86.9 cm³/mol. The maximum Gasteiger partial charge on any atom is 0.316 e. The van der Waals surface area contributed by atoms with Crippen LogP contribution in [0.3, 0.4) is 0 Å². The smallest absolute Gasteiger partial charge is 0.316 e. The molecule has 0 bridgehead atoms. The van der Waals surface area contributed by atoms with Gasteiger partial charge in [0.05, 0.1) is 11.1 Å². The molecule has 0 N–H and O–H groups in total. The van der Waals surface area contributed by atoms with Crippen LogP contribution in [0.1, 0.15) is 18.5 Å². The molecule has 1 aliphatic rings. The fourth-order valence-electron chi connectivity index (χ4n) is 2.60. The lowest BCUT2D eigenvalue weighted by Crippen LogP contribution is -2.38. The quantitative estimate of drug-likeness (QED) is 0.810. The van der Waals surface area contributed by atoms with Crippen molar-refractivity contribution in [3.05, 3.63) is 35.0 Å². The summed E-state index contributed by atoms with van der Waals surface area (Å²) in [6.45, 7) is 2.20. The highest BCUT2D eigenvalue weighted by atomic mass is 79.9. The van der Waals surface area contributed by atoms with E-state index >= 15 is 0 Å². The molecule has 1 unspecified atom stereocenters. The van der Waals surface area contributed by atoms with Crippen LogP contribution in [-0.4, -0.2) is 39.6 Å². The van der Waals surface area contributed by atoms with Gasteiger partial charge in [0.2, 0.25) is 0 Å². The van der Waals surface area contributed by atoms with Crippen LogP contribution in [0.25, 0.3) is 0 Å². The van der Waals surface area contributed by atoms with Crippen molar-refractivity contribution in [1.82, 2.24) is 19.9 Å². The monoisotopic (exact) mass is 374 g/mol. The summed E-state index contributed by atoms with van der Waals surface area (Å²) < 4.78 is 6.49. The number of anilines is 1. The summed E-state index contributed by atoms with van der Waals surface area (Å²) in [5.41, 5.74) is 0.366. The van der Waals surface area contributed by atoms with Gasteiger partial charge in [-0.05, 0) is 28.8 Å². The zero-order valence-electron chi connectivity index (χ0n) is 12.4. The van der Waals surface area contributed by atoms with E-state index in [9.17, 15) is 0 Å². The molecule has 1 atom stereocenters. The number of nitriles is 1. The lowest BCUT2D eigenvalue weighted by Gasteiger charge is -2.33. The van der Waals surface area contributed by atoms with Crippen molar-refractivity contribution in [2.45, 2.75) is 12.8 Å². The maximum atomic E-state index is 9.17. The number of hydrogen-bond donors (Lipinski definition) is 0. The molecule has 3 heterocycles. The average Bonchev–Trinajstić information content (AvgIpc) is 2.61. The first-order chi connectivity index (χ1) is 11.3. The van der Waals surface area contributed by atoms with Crippen molar-refractivity contribution in [1.29, 1.82) is 5.26 Å². The molecule has 0 saturated carbocycles. The number of nitrogens with zero attached hydrogens (tertiary/aromatic N) is 6. The van der Waals surface area contributed by atoms with Crippen LogP contribution in [0.5, 0.6) is 6.01 Å². The first kappa shape index (κ1) is 15.6. The molecule has 1 aliphatic heterocycles. The van der Waals surface area contributed by atoms with Gasteiger partial charge in [0.15, 0.2) is 11.5 Å². The Labute approximate surface area is 142 Å². The zero-order chi connectivity index (χ0) is 16.1. The first-order valence-corrected chi connectivity index (χ1v) is 8.12. The van der Waals surface area contributed by atoms with Crippen LogP contribution in [0.15, 0.2) is 29.3 Å². The molecule has 0 aromatic carbocycles. The largest absolute Gasteiger partial charge is 0.463 e. The molecular weight excluding hydrogens is 360 g/mol. The Hall–Kier alpha value is -2.27. The number of aromatic nitrogens is 4. The highest BCUT2D eigenvalue weighted by molar-refractivity contribution is 9.10. The van der Waals surface area contributed by atoms with Crippen LogP contribution >= 0.6 is 15.9 Å². The lowest BCUT2D eigenvalue weighted by molar-refractivity contribution is 0.213. The van der Waals surface area contributed by atoms with Crippen LogP contribution < -0.4 is 9.64 Å². The Morgan fingerprint density at radius 2 is 2.04 bits per heavy atom. The van der Waals surface area contributed by atoms with Crippen molar-refractivity contribution < 1.29 is 4.74 Å². The van der Waals surface area contributed by atoms with Crippen molar-refractivity contribution >= 4 is 21.7 Å². The first-order valence-electron chi connectivity index (χ1n) is 7.32. The van der Waals surface area contributed by atoms with E-state index in [0.29, 0.717) is 30.0 Å². The minimum atomic E-state index is 0.338. The summed E-state index contributed by atoms with van der Waals surface area (Å²) in [7, 11) is 0. The standard InChI is InChI=1S/C15H15BrN6O/c16-12-7-20-15(21-8-12)23-10-11-2-1-5-22(9-11)14-13(6-17)18-3-4-19-14/h3-4,7-8,11H,1-2,5,9-10H2. The summed E-state index contributed by atoms with van der Waals surface area (Å²) >= 11 is 3.29. The molecule has 1 fully saturated rings. The van der Waals surface area contributed by atoms with Gasteiger partial charge in [-0.25, -0.2) is 19.9 Å². The van der Waals surface area contributed by atoms with Gasteiger partial charge in [-0.3, -0.25) is 0 Å². The number of halogens is 1. The Balaban J connectivity index is 1.62. The van der Waals surface area contributed by atoms with Crippen LogP contribution in [0.4, 0.5) is 5.82 Å². The second-order valence-corrected chi connectivity index (χ2v) is 6.21. The Kier molecular flexibility index (Phi) is 4.98. The molecule has 2 aromatic rings. The Morgan fingerprint density at radius 1 is 1.26 bits per heavy atom. The fraction of sp³-hybridized carbons (Fsp3) is 0.400. The van der Waals surface area contributed by atoms with Gasteiger partial charge >= 0.3 is 6.01 Å². The van der Waals surface area contributed by atoms with Gasteiger partial charge in [0.1, 0.15) is 6.07 Å². The summed E-state index contributed by atoms with van der Waals surface area (Å²) in [6.07, 6.45) is 8.57. The van der Waals surface area contributed by atoms with Crippen molar-refractivity contribution in [3.63, 3.8) is 0 Å². The number of ether oxygens (including phenoxy) is 1. The van der Waals surface area contributed by atoms with E-state index in [1.165, 1.54) is 6.20 Å². The predicted octanol–water partition coefficient (Wildman–Crippen LogP) is 2.20. The molecule has 3 rings (SSSR count). The normalized spacial score (nSPS) is 17.6. The minimum absolute atomic E-state index is 0.338. The van der Waals surface area contributed by atoms with Gasteiger partial charge < -0.3 is 9.64 Å². The summed E-state index contributed by atoms with van der Waals surface area (Å²) in [5.74, 6) is 0.990. The van der Waals surface area contributed by atoms with E-state index < -0.39 is 0 Å². The van der Waals surface area contributed by atoms with Gasteiger partial charge in [-0.15, -0.1) is 0 Å². The molecule has 1 saturated heterocycles. The van der Waals surface area contributed by atoms with E-state index in [1.807, 2.05) is 0 Å². The second-order valence-electron chi connectivity index (χ2n) is 5.29. The van der Waals surface area contributed by atoms with E-state index in [0.717, 1.165) is 30.4 Å². The van der Waals surface area contributed by atoms with Crippen LogP contribution in [0, 0.1) is 17.2 Å². The molecule has 0 spiro atoms. The summed E-state index contributed by atoms with van der Waals surface area (Å²) in [4.78, 5) is 18.7. The number of rotatable bonds is 4. The molecule has 0 aliphatic carbocycles.